The Labute approximate surface area is 191 Å². The molecule has 0 unspecified atom stereocenters. The molecule has 6 nitrogen and oxygen atoms in total. The molecule has 168 valence electrons. The van der Waals surface area contributed by atoms with E-state index in [9.17, 15) is 9.59 Å². The fraction of sp³-hybridized carbons (Fsp3) is 0.185. The number of ether oxygens (including phenoxy) is 3. The highest BCUT2D eigenvalue weighted by atomic mass is 16.6. The third kappa shape index (κ3) is 4.90. The van der Waals surface area contributed by atoms with Crippen molar-refractivity contribution in [3.8, 4) is 28.6 Å². The quantitative estimate of drug-likeness (QED) is 0.352. The average molecular weight is 444 g/mol. The summed E-state index contributed by atoms with van der Waals surface area (Å²) in [5.41, 5.74) is 2.64. The first-order chi connectivity index (χ1) is 16.0. The molecule has 1 aromatic heterocycles. The standard InChI is InChI=1S/C27H24O6/c1-4-30-21-7-5-6-8-22(21)31-16-24(28)33-27-25(29)20-14-11-18(3)15-23(20)32-26(27)19-12-9-17(2)10-13-19/h5-15H,4,16H2,1-3H3. The number of hydrogen-bond donors (Lipinski definition) is 0. The maximum atomic E-state index is 13.3. The van der Waals surface area contributed by atoms with Gasteiger partial charge < -0.3 is 18.6 Å². The van der Waals surface area contributed by atoms with Gasteiger partial charge in [0.05, 0.1) is 12.0 Å². The summed E-state index contributed by atoms with van der Waals surface area (Å²) in [6.45, 7) is 5.79. The Bertz CT molecular complexity index is 1350. The monoisotopic (exact) mass is 444 g/mol. The lowest BCUT2D eigenvalue weighted by atomic mass is 10.1. The number of carbonyl (C=O) groups excluding carboxylic acids is 1. The molecule has 0 saturated heterocycles. The zero-order chi connectivity index (χ0) is 23.4. The van der Waals surface area contributed by atoms with E-state index in [1.165, 1.54) is 0 Å². The zero-order valence-electron chi connectivity index (χ0n) is 18.7. The number of benzene rings is 3. The smallest absolute Gasteiger partial charge is 0.349 e. The predicted octanol–water partition coefficient (Wildman–Crippen LogP) is 5.46. The van der Waals surface area contributed by atoms with Crippen LogP contribution in [0.1, 0.15) is 18.1 Å². The fourth-order valence-corrected chi connectivity index (χ4v) is 3.40. The van der Waals surface area contributed by atoms with Gasteiger partial charge in [-0.25, -0.2) is 4.79 Å². The van der Waals surface area contributed by atoms with Gasteiger partial charge in [0.1, 0.15) is 5.58 Å². The Balaban J connectivity index is 1.67. The van der Waals surface area contributed by atoms with Crippen LogP contribution in [0.15, 0.2) is 75.9 Å². The van der Waals surface area contributed by atoms with Crippen LogP contribution in [0.3, 0.4) is 0 Å². The Morgan fingerprint density at radius 1 is 0.879 bits per heavy atom. The van der Waals surface area contributed by atoms with Gasteiger partial charge >= 0.3 is 5.97 Å². The lowest BCUT2D eigenvalue weighted by molar-refractivity contribution is -0.136. The van der Waals surface area contributed by atoms with E-state index in [-0.39, 0.29) is 11.5 Å². The summed E-state index contributed by atoms with van der Waals surface area (Å²) in [4.78, 5) is 25.9. The van der Waals surface area contributed by atoms with Crippen molar-refractivity contribution >= 4 is 16.9 Å². The summed E-state index contributed by atoms with van der Waals surface area (Å²) in [6.07, 6.45) is 0. The summed E-state index contributed by atoms with van der Waals surface area (Å²) < 4.78 is 22.7. The number of rotatable bonds is 7. The second kappa shape index (κ2) is 9.61. The van der Waals surface area contributed by atoms with Gasteiger partial charge in [-0.2, -0.15) is 0 Å². The second-order valence-electron chi connectivity index (χ2n) is 7.60. The van der Waals surface area contributed by atoms with Crippen LogP contribution in [-0.2, 0) is 4.79 Å². The van der Waals surface area contributed by atoms with Crippen LogP contribution < -0.4 is 19.6 Å². The van der Waals surface area contributed by atoms with E-state index in [1.807, 2.05) is 57.2 Å². The van der Waals surface area contributed by atoms with Crippen molar-refractivity contribution in [1.29, 1.82) is 0 Å². The average Bonchev–Trinajstić information content (AvgIpc) is 2.81. The molecule has 0 amide bonds. The van der Waals surface area contributed by atoms with Gasteiger partial charge in [0.15, 0.2) is 23.9 Å². The molecule has 0 atom stereocenters. The van der Waals surface area contributed by atoms with E-state index < -0.39 is 18.0 Å². The van der Waals surface area contributed by atoms with Crippen LogP contribution in [0.4, 0.5) is 0 Å². The zero-order valence-corrected chi connectivity index (χ0v) is 18.7. The summed E-state index contributed by atoms with van der Waals surface area (Å²) in [6, 6.07) is 19.7. The number of fused-ring (bicyclic) bond motifs is 1. The molecular formula is C27H24O6. The normalized spacial score (nSPS) is 10.8. The summed E-state index contributed by atoms with van der Waals surface area (Å²) in [5, 5.41) is 0.335. The van der Waals surface area contributed by atoms with E-state index in [1.54, 1.807) is 30.3 Å². The Hall–Kier alpha value is -4.06. The van der Waals surface area contributed by atoms with E-state index >= 15 is 0 Å². The minimum Gasteiger partial charge on any atom is -0.490 e. The number of para-hydroxylation sites is 2. The molecule has 4 rings (SSSR count). The van der Waals surface area contributed by atoms with E-state index in [0.29, 0.717) is 34.6 Å². The van der Waals surface area contributed by atoms with Crippen molar-refractivity contribution in [3.05, 3.63) is 88.1 Å². The molecule has 4 aromatic rings. The Morgan fingerprint density at radius 3 is 2.24 bits per heavy atom. The highest BCUT2D eigenvalue weighted by Gasteiger charge is 2.21. The van der Waals surface area contributed by atoms with Crippen LogP contribution in [0.25, 0.3) is 22.3 Å². The first-order valence-electron chi connectivity index (χ1n) is 10.7. The molecule has 0 bridgehead atoms. The van der Waals surface area contributed by atoms with Gasteiger partial charge in [-0.15, -0.1) is 0 Å². The predicted molar refractivity (Wildman–Crippen MR) is 126 cm³/mol. The Morgan fingerprint density at radius 2 is 1.55 bits per heavy atom. The van der Waals surface area contributed by atoms with Crippen LogP contribution in [0.5, 0.6) is 17.2 Å². The molecule has 3 aromatic carbocycles. The minimum absolute atomic E-state index is 0.165. The SMILES string of the molecule is CCOc1ccccc1OCC(=O)Oc1c(-c2ccc(C)cc2)oc2cc(C)ccc2c1=O. The third-order valence-corrected chi connectivity index (χ3v) is 5.03. The number of hydrogen-bond acceptors (Lipinski definition) is 6. The van der Waals surface area contributed by atoms with Crippen molar-refractivity contribution in [1.82, 2.24) is 0 Å². The van der Waals surface area contributed by atoms with Gasteiger partial charge in [-0.3, -0.25) is 4.79 Å². The topological polar surface area (TPSA) is 75.0 Å². The molecule has 0 aliphatic rings. The molecule has 0 aliphatic heterocycles. The first-order valence-corrected chi connectivity index (χ1v) is 10.7. The third-order valence-electron chi connectivity index (χ3n) is 5.03. The maximum absolute atomic E-state index is 13.3. The molecule has 0 saturated carbocycles. The number of esters is 1. The molecule has 0 fully saturated rings. The summed E-state index contributed by atoms with van der Waals surface area (Å²) in [7, 11) is 0. The minimum atomic E-state index is -0.728. The first kappa shape index (κ1) is 22.1. The molecular weight excluding hydrogens is 420 g/mol. The van der Waals surface area contributed by atoms with Crippen LogP contribution >= 0.6 is 0 Å². The van der Waals surface area contributed by atoms with Crippen molar-refractivity contribution in [2.45, 2.75) is 20.8 Å². The van der Waals surface area contributed by atoms with Gasteiger partial charge in [0, 0.05) is 5.56 Å². The number of aryl methyl sites for hydroxylation is 2. The van der Waals surface area contributed by atoms with Crippen LogP contribution in [0, 0.1) is 13.8 Å². The van der Waals surface area contributed by atoms with Gasteiger partial charge in [0.2, 0.25) is 11.2 Å². The van der Waals surface area contributed by atoms with Crippen molar-refractivity contribution in [2.24, 2.45) is 0 Å². The van der Waals surface area contributed by atoms with Gasteiger partial charge in [-0.1, -0.05) is 48.0 Å². The highest BCUT2D eigenvalue weighted by molar-refractivity contribution is 5.85. The lowest BCUT2D eigenvalue weighted by Crippen LogP contribution is -2.22. The van der Waals surface area contributed by atoms with E-state index in [0.717, 1.165) is 11.1 Å². The lowest BCUT2D eigenvalue weighted by Gasteiger charge is -2.13. The fourth-order valence-electron chi connectivity index (χ4n) is 3.40. The molecule has 1 heterocycles. The van der Waals surface area contributed by atoms with E-state index in [2.05, 4.69) is 0 Å². The van der Waals surface area contributed by atoms with Crippen molar-refractivity contribution in [3.63, 3.8) is 0 Å². The van der Waals surface area contributed by atoms with E-state index in [4.69, 9.17) is 18.6 Å². The second-order valence-corrected chi connectivity index (χ2v) is 7.60. The molecule has 6 heteroatoms. The number of carbonyl (C=O) groups is 1. The van der Waals surface area contributed by atoms with Gasteiger partial charge in [-0.05, 0) is 50.6 Å². The molecule has 0 radical (unpaired) electrons. The Kier molecular flexibility index (Phi) is 6.45. The highest BCUT2D eigenvalue weighted by Crippen LogP contribution is 2.32. The largest absolute Gasteiger partial charge is 0.490 e. The van der Waals surface area contributed by atoms with Crippen LogP contribution in [0.2, 0.25) is 0 Å². The molecule has 0 N–H and O–H groups in total. The summed E-state index contributed by atoms with van der Waals surface area (Å²) >= 11 is 0. The maximum Gasteiger partial charge on any atom is 0.349 e. The molecule has 0 spiro atoms. The van der Waals surface area contributed by atoms with Crippen molar-refractivity contribution in [2.75, 3.05) is 13.2 Å². The van der Waals surface area contributed by atoms with Gasteiger partial charge in [0.25, 0.3) is 0 Å². The molecule has 0 aliphatic carbocycles. The van der Waals surface area contributed by atoms with Crippen molar-refractivity contribution < 1.29 is 23.4 Å². The van der Waals surface area contributed by atoms with Crippen LogP contribution in [-0.4, -0.2) is 19.2 Å². The molecule has 33 heavy (non-hydrogen) atoms. The summed E-state index contributed by atoms with van der Waals surface area (Å²) in [5.74, 6) is 0.237.